The molecule has 1 atom stereocenters. The normalized spacial score (nSPS) is 26.4. The molecule has 84 valence electrons. The van der Waals surface area contributed by atoms with Crippen molar-refractivity contribution >= 4 is 6.29 Å². The van der Waals surface area contributed by atoms with Crippen LogP contribution in [0.1, 0.15) is 53.4 Å². The lowest BCUT2D eigenvalue weighted by atomic mass is 9.71. The Morgan fingerprint density at radius 3 is 2.47 bits per heavy atom. The van der Waals surface area contributed by atoms with Gasteiger partial charge in [0, 0.05) is 5.41 Å². The molecular formula is C14H22O. The molecule has 15 heavy (non-hydrogen) atoms. The van der Waals surface area contributed by atoms with Crippen LogP contribution < -0.4 is 0 Å². The highest BCUT2D eigenvalue weighted by Gasteiger charge is 2.32. The highest BCUT2D eigenvalue weighted by atomic mass is 16.1. The lowest BCUT2D eigenvalue weighted by Crippen LogP contribution is -2.26. The van der Waals surface area contributed by atoms with Gasteiger partial charge in [0.2, 0.25) is 0 Å². The largest absolute Gasteiger partial charge is 0.303 e. The van der Waals surface area contributed by atoms with E-state index in [0.29, 0.717) is 0 Å². The van der Waals surface area contributed by atoms with Crippen LogP contribution in [0.25, 0.3) is 0 Å². The highest BCUT2D eigenvalue weighted by molar-refractivity contribution is 5.61. The van der Waals surface area contributed by atoms with E-state index in [1.807, 2.05) is 0 Å². The van der Waals surface area contributed by atoms with Crippen molar-refractivity contribution in [2.45, 2.75) is 53.4 Å². The molecule has 0 saturated heterocycles. The van der Waals surface area contributed by atoms with Gasteiger partial charge in [-0.2, -0.15) is 0 Å². The van der Waals surface area contributed by atoms with E-state index in [1.54, 1.807) is 0 Å². The molecule has 1 aliphatic carbocycles. The second kappa shape index (κ2) is 4.78. The molecule has 0 N–H and O–H groups in total. The first-order chi connectivity index (χ1) is 6.99. The van der Waals surface area contributed by atoms with Crippen molar-refractivity contribution in [1.82, 2.24) is 0 Å². The van der Waals surface area contributed by atoms with E-state index >= 15 is 0 Å². The summed E-state index contributed by atoms with van der Waals surface area (Å²) in [6.45, 7) is 8.53. The fraction of sp³-hybridized carbons (Fsp3) is 0.643. The third-order valence-electron chi connectivity index (χ3n) is 3.51. The van der Waals surface area contributed by atoms with Crippen LogP contribution in [0.5, 0.6) is 0 Å². The molecule has 0 heterocycles. The lowest BCUT2D eigenvalue weighted by Gasteiger charge is -2.32. The van der Waals surface area contributed by atoms with Crippen molar-refractivity contribution in [2.75, 3.05) is 0 Å². The van der Waals surface area contributed by atoms with Gasteiger partial charge < -0.3 is 4.79 Å². The molecule has 0 unspecified atom stereocenters. The van der Waals surface area contributed by atoms with E-state index < -0.39 is 0 Å². The number of hydrogen-bond donors (Lipinski definition) is 0. The first kappa shape index (κ1) is 12.2. The maximum absolute atomic E-state index is 11.3. The Morgan fingerprint density at radius 1 is 1.33 bits per heavy atom. The van der Waals surface area contributed by atoms with Crippen LogP contribution in [0, 0.1) is 5.41 Å². The molecule has 0 aromatic rings. The standard InChI is InChI=1S/C14H22O/c1-11(2)5-7-14(10-15)8-6-12(3)13(4)9-14/h5,10H,6-9H2,1-4H3/t14-/m1/s1. The van der Waals surface area contributed by atoms with Gasteiger partial charge in [-0.15, -0.1) is 0 Å². The molecule has 1 rings (SSSR count). The quantitative estimate of drug-likeness (QED) is 0.503. The first-order valence-electron chi connectivity index (χ1n) is 5.74. The topological polar surface area (TPSA) is 17.1 Å². The van der Waals surface area contributed by atoms with E-state index in [2.05, 4.69) is 33.8 Å². The molecule has 0 aromatic carbocycles. The van der Waals surface area contributed by atoms with E-state index in [0.717, 1.165) is 25.7 Å². The monoisotopic (exact) mass is 206 g/mol. The molecule has 1 nitrogen and oxygen atoms in total. The zero-order valence-electron chi connectivity index (χ0n) is 10.4. The molecule has 0 fully saturated rings. The van der Waals surface area contributed by atoms with Gasteiger partial charge in [-0.3, -0.25) is 0 Å². The second-order valence-corrected chi connectivity index (χ2v) is 5.20. The summed E-state index contributed by atoms with van der Waals surface area (Å²) < 4.78 is 0. The van der Waals surface area contributed by atoms with Crippen molar-refractivity contribution in [3.05, 3.63) is 22.8 Å². The summed E-state index contributed by atoms with van der Waals surface area (Å²) in [4.78, 5) is 11.3. The van der Waals surface area contributed by atoms with E-state index in [4.69, 9.17) is 0 Å². The van der Waals surface area contributed by atoms with Gasteiger partial charge in [0.15, 0.2) is 0 Å². The average molecular weight is 206 g/mol. The summed E-state index contributed by atoms with van der Waals surface area (Å²) >= 11 is 0. The summed E-state index contributed by atoms with van der Waals surface area (Å²) in [6, 6.07) is 0. The summed E-state index contributed by atoms with van der Waals surface area (Å²) in [7, 11) is 0. The number of carbonyl (C=O) groups excluding carboxylic acids is 1. The fourth-order valence-corrected chi connectivity index (χ4v) is 2.15. The van der Waals surface area contributed by atoms with Crippen LogP contribution in [0.4, 0.5) is 0 Å². The SMILES string of the molecule is CC(C)=CC[C@@]1(C=O)CCC(C)=C(C)C1. The predicted molar refractivity (Wildman–Crippen MR) is 64.8 cm³/mol. The van der Waals surface area contributed by atoms with Gasteiger partial charge in [-0.25, -0.2) is 0 Å². The smallest absolute Gasteiger partial charge is 0.126 e. The predicted octanol–water partition coefficient (Wildman–Crippen LogP) is 4.05. The Labute approximate surface area is 93.3 Å². The van der Waals surface area contributed by atoms with Gasteiger partial charge in [0.25, 0.3) is 0 Å². The zero-order valence-corrected chi connectivity index (χ0v) is 10.4. The maximum atomic E-state index is 11.3. The molecule has 1 heteroatoms. The Balaban J connectivity index is 2.80. The van der Waals surface area contributed by atoms with Gasteiger partial charge in [-0.05, 0) is 53.4 Å². The van der Waals surface area contributed by atoms with Gasteiger partial charge in [0.1, 0.15) is 6.29 Å². The van der Waals surface area contributed by atoms with Crippen molar-refractivity contribution < 1.29 is 4.79 Å². The summed E-state index contributed by atoms with van der Waals surface area (Å²) in [5.41, 5.74) is 4.08. The molecule has 1 aliphatic rings. The Hall–Kier alpha value is -0.850. The summed E-state index contributed by atoms with van der Waals surface area (Å²) in [5.74, 6) is 0. The van der Waals surface area contributed by atoms with Crippen molar-refractivity contribution in [1.29, 1.82) is 0 Å². The Bertz CT molecular complexity index is 305. The summed E-state index contributed by atoms with van der Waals surface area (Å²) in [6.07, 6.45) is 7.34. The minimum atomic E-state index is -0.110. The van der Waals surface area contributed by atoms with Crippen molar-refractivity contribution in [3.63, 3.8) is 0 Å². The fourth-order valence-electron chi connectivity index (χ4n) is 2.15. The van der Waals surface area contributed by atoms with E-state index in [-0.39, 0.29) is 5.41 Å². The minimum Gasteiger partial charge on any atom is -0.303 e. The third-order valence-corrected chi connectivity index (χ3v) is 3.51. The number of allylic oxidation sites excluding steroid dienone is 4. The average Bonchev–Trinajstić information content (AvgIpc) is 2.20. The Kier molecular flexibility index (Phi) is 3.90. The first-order valence-corrected chi connectivity index (χ1v) is 5.74. The Morgan fingerprint density at radius 2 is 2.00 bits per heavy atom. The third kappa shape index (κ3) is 3.05. The molecule has 0 aromatic heterocycles. The van der Waals surface area contributed by atoms with Gasteiger partial charge in [0.05, 0.1) is 0 Å². The molecule has 0 saturated carbocycles. The zero-order chi connectivity index (χ0) is 11.5. The van der Waals surface area contributed by atoms with Gasteiger partial charge in [-0.1, -0.05) is 22.8 Å². The minimum absolute atomic E-state index is 0.110. The highest BCUT2D eigenvalue weighted by Crippen LogP contribution is 2.40. The molecule has 0 aliphatic heterocycles. The lowest BCUT2D eigenvalue weighted by molar-refractivity contribution is -0.116. The summed E-state index contributed by atoms with van der Waals surface area (Å²) in [5, 5.41) is 0. The van der Waals surface area contributed by atoms with Crippen LogP contribution in [0.2, 0.25) is 0 Å². The van der Waals surface area contributed by atoms with Crippen LogP contribution in [-0.2, 0) is 4.79 Å². The molecular weight excluding hydrogens is 184 g/mol. The van der Waals surface area contributed by atoms with Crippen LogP contribution in [0.15, 0.2) is 22.8 Å². The van der Waals surface area contributed by atoms with E-state index in [1.165, 1.54) is 23.0 Å². The molecule has 0 radical (unpaired) electrons. The molecule has 0 bridgehead atoms. The van der Waals surface area contributed by atoms with Crippen molar-refractivity contribution in [3.8, 4) is 0 Å². The number of aldehydes is 1. The number of rotatable bonds is 3. The van der Waals surface area contributed by atoms with E-state index in [9.17, 15) is 4.79 Å². The van der Waals surface area contributed by atoms with Crippen LogP contribution in [0.3, 0.4) is 0 Å². The van der Waals surface area contributed by atoms with Crippen LogP contribution in [-0.4, -0.2) is 6.29 Å². The second-order valence-electron chi connectivity index (χ2n) is 5.20. The molecule has 0 spiro atoms. The van der Waals surface area contributed by atoms with Crippen molar-refractivity contribution in [2.24, 2.45) is 5.41 Å². The number of hydrogen-bond acceptors (Lipinski definition) is 1. The van der Waals surface area contributed by atoms with Crippen LogP contribution >= 0.6 is 0 Å². The number of carbonyl (C=O) groups is 1. The van der Waals surface area contributed by atoms with Gasteiger partial charge >= 0.3 is 0 Å². The molecule has 0 amide bonds. The maximum Gasteiger partial charge on any atom is 0.126 e.